The fourth-order valence-corrected chi connectivity index (χ4v) is 8.96. The molecule has 0 bridgehead atoms. The second-order valence-electron chi connectivity index (χ2n) is 15.1. The summed E-state index contributed by atoms with van der Waals surface area (Å²) in [5.74, 6) is 4.85. The van der Waals surface area contributed by atoms with E-state index in [9.17, 15) is 10.2 Å². The zero-order valence-corrected chi connectivity index (χ0v) is 28.3. The molecule has 2 saturated carbocycles. The van der Waals surface area contributed by atoms with Crippen LogP contribution >= 0.6 is 0 Å². The van der Waals surface area contributed by atoms with E-state index in [1.54, 1.807) is 16.7 Å². The maximum Gasteiger partial charge on any atom is 0.0568 e. The Balaban J connectivity index is 1.91. The van der Waals surface area contributed by atoms with Crippen LogP contribution in [0.15, 0.2) is 34.9 Å². The van der Waals surface area contributed by atoms with Gasteiger partial charge in [0.15, 0.2) is 0 Å². The first-order chi connectivity index (χ1) is 19.6. The lowest BCUT2D eigenvalue weighted by Gasteiger charge is -2.41. The molecule has 41 heavy (non-hydrogen) atoms. The van der Waals surface area contributed by atoms with E-state index in [1.807, 2.05) is 0 Å². The summed E-state index contributed by atoms with van der Waals surface area (Å²) in [6.07, 6.45) is 20.9. The molecule has 2 fully saturated rings. The molecule has 3 aliphatic carbocycles. The highest BCUT2D eigenvalue weighted by molar-refractivity contribution is 5.40. The van der Waals surface area contributed by atoms with E-state index >= 15 is 0 Å². The largest absolute Gasteiger partial charge is 0.393 e. The molecule has 0 aliphatic heterocycles. The van der Waals surface area contributed by atoms with E-state index in [2.05, 4.69) is 54.5 Å². The van der Waals surface area contributed by atoms with Crippen molar-refractivity contribution in [3.05, 3.63) is 34.9 Å². The van der Waals surface area contributed by atoms with Crippen molar-refractivity contribution in [2.75, 3.05) is 0 Å². The lowest BCUT2D eigenvalue weighted by atomic mass is 9.64. The molecule has 0 amide bonds. The summed E-state index contributed by atoms with van der Waals surface area (Å²) in [7, 11) is 0. The van der Waals surface area contributed by atoms with E-state index < -0.39 is 0 Å². The van der Waals surface area contributed by atoms with Crippen LogP contribution in [0.1, 0.15) is 151 Å². The van der Waals surface area contributed by atoms with Gasteiger partial charge in [-0.2, -0.15) is 0 Å². The molecular weight excluding hydrogens is 500 g/mol. The number of hydrogen-bond donors (Lipinski definition) is 2. The van der Waals surface area contributed by atoms with Crippen molar-refractivity contribution in [3.63, 3.8) is 0 Å². The van der Waals surface area contributed by atoms with Crippen molar-refractivity contribution >= 4 is 0 Å². The minimum absolute atomic E-state index is 0.115. The van der Waals surface area contributed by atoms with Crippen LogP contribution in [0.5, 0.6) is 0 Å². The van der Waals surface area contributed by atoms with E-state index in [-0.39, 0.29) is 18.1 Å². The molecule has 0 spiro atoms. The van der Waals surface area contributed by atoms with Gasteiger partial charge in [-0.3, -0.25) is 0 Å². The lowest BCUT2D eigenvalue weighted by Crippen LogP contribution is -2.31. The molecule has 2 heteroatoms. The van der Waals surface area contributed by atoms with E-state index in [4.69, 9.17) is 6.58 Å². The predicted octanol–water partition coefficient (Wildman–Crippen LogP) is 10.8. The first-order valence-corrected chi connectivity index (χ1v) is 18.0. The van der Waals surface area contributed by atoms with Crippen LogP contribution in [0.3, 0.4) is 0 Å². The molecule has 0 aromatic heterocycles. The van der Waals surface area contributed by atoms with Gasteiger partial charge in [-0.15, -0.1) is 0 Å². The van der Waals surface area contributed by atoms with Crippen LogP contribution in [-0.4, -0.2) is 22.4 Å². The van der Waals surface area contributed by atoms with Crippen molar-refractivity contribution in [2.24, 2.45) is 47.3 Å². The van der Waals surface area contributed by atoms with E-state index in [0.717, 1.165) is 63.2 Å². The minimum Gasteiger partial charge on any atom is -0.393 e. The molecule has 0 aromatic rings. The van der Waals surface area contributed by atoms with Crippen molar-refractivity contribution in [3.8, 4) is 0 Å². The summed E-state index contributed by atoms with van der Waals surface area (Å²) in [5.41, 5.74) is 6.54. The quantitative estimate of drug-likeness (QED) is 0.205. The third-order valence-corrected chi connectivity index (χ3v) is 11.8. The molecule has 2 N–H and O–H groups in total. The molecule has 2 nitrogen and oxygen atoms in total. The molecule has 3 aliphatic rings. The third kappa shape index (κ3) is 9.56. The van der Waals surface area contributed by atoms with Gasteiger partial charge < -0.3 is 10.2 Å². The number of aliphatic hydroxyl groups excluding tert-OH is 2. The van der Waals surface area contributed by atoms with Crippen molar-refractivity contribution < 1.29 is 10.2 Å². The van der Waals surface area contributed by atoms with E-state index in [0.29, 0.717) is 29.6 Å². The summed E-state index contributed by atoms with van der Waals surface area (Å²) < 4.78 is 0. The Labute approximate surface area is 255 Å². The van der Waals surface area contributed by atoms with Crippen LogP contribution in [0, 0.1) is 47.3 Å². The Morgan fingerprint density at radius 3 is 2.07 bits per heavy atom. The van der Waals surface area contributed by atoms with Gasteiger partial charge >= 0.3 is 0 Å². The molecular formula is C39H68O2. The Hall–Kier alpha value is -0.860. The molecule has 0 radical (unpaired) electrons. The van der Waals surface area contributed by atoms with Gasteiger partial charge in [0.25, 0.3) is 0 Å². The summed E-state index contributed by atoms with van der Waals surface area (Å²) in [6.45, 7) is 21.5. The highest BCUT2D eigenvalue weighted by Crippen LogP contribution is 2.48. The summed E-state index contributed by atoms with van der Waals surface area (Å²) in [6, 6.07) is 0. The fraction of sp³-hybridized carbons (Fsp3) is 0.846. The van der Waals surface area contributed by atoms with Gasteiger partial charge in [0.05, 0.1) is 12.2 Å². The lowest BCUT2D eigenvalue weighted by molar-refractivity contribution is 0.0633. The van der Waals surface area contributed by atoms with Crippen LogP contribution in [0.2, 0.25) is 0 Å². The fourth-order valence-electron chi connectivity index (χ4n) is 8.96. The minimum atomic E-state index is -0.261. The first kappa shape index (κ1) is 34.6. The Morgan fingerprint density at radius 1 is 0.927 bits per heavy atom. The van der Waals surface area contributed by atoms with Gasteiger partial charge in [0, 0.05) is 0 Å². The predicted molar refractivity (Wildman–Crippen MR) is 178 cm³/mol. The number of rotatable bonds is 14. The zero-order valence-electron chi connectivity index (χ0n) is 28.3. The van der Waals surface area contributed by atoms with Crippen LogP contribution in [0.25, 0.3) is 0 Å². The highest BCUT2D eigenvalue weighted by atomic mass is 16.3. The van der Waals surface area contributed by atoms with Gasteiger partial charge in [-0.05, 0) is 155 Å². The molecule has 1 unspecified atom stereocenters. The number of aliphatic hydroxyl groups is 2. The van der Waals surface area contributed by atoms with Crippen LogP contribution in [0.4, 0.5) is 0 Å². The Bertz CT molecular complexity index is 849. The maximum atomic E-state index is 11.2. The number of allylic oxidation sites excluding steroid dienone is 5. The SMILES string of the molecule is C=C(CC(C[C@H]1CC[C@@H](O)CC1)[C@H](O)CC)[C@@H](C)[C@@H](/C(=C(\CC)C1=CC[C@@H](C)CC1)[C@H]1CC[C@@H](CC)CC1)C(C)C. The standard InChI is InChI=1S/C39H68O2/c1-9-30-14-20-33(21-15-30)39(36(10-2)32-18-12-27(6)13-19-32)38(26(4)5)29(8)28(7)24-34(37(41)11-3)25-31-16-22-35(40)23-17-31/h18,26-27,29-31,33-35,37-38,40-41H,7,9-17,19-25H2,1-6,8H3/b39-36+/t27-,29-,30-,31-,33+,34?,35+,37-,38+/m1/s1. The molecule has 3 rings (SSSR count). The van der Waals surface area contributed by atoms with Gasteiger partial charge in [-0.25, -0.2) is 0 Å². The average Bonchev–Trinajstić information content (AvgIpc) is 2.97. The first-order valence-electron chi connectivity index (χ1n) is 18.0. The maximum absolute atomic E-state index is 11.2. The Morgan fingerprint density at radius 2 is 1.56 bits per heavy atom. The third-order valence-electron chi connectivity index (χ3n) is 11.8. The van der Waals surface area contributed by atoms with E-state index in [1.165, 1.54) is 56.9 Å². The second-order valence-corrected chi connectivity index (χ2v) is 15.1. The van der Waals surface area contributed by atoms with Gasteiger partial charge in [-0.1, -0.05) is 78.7 Å². The van der Waals surface area contributed by atoms with Gasteiger partial charge in [0.1, 0.15) is 0 Å². The summed E-state index contributed by atoms with van der Waals surface area (Å²) >= 11 is 0. The van der Waals surface area contributed by atoms with Crippen molar-refractivity contribution in [1.29, 1.82) is 0 Å². The smallest absolute Gasteiger partial charge is 0.0568 e. The second kappa shape index (κ2) is 16.8. The summed E-state index contributed by atoms with van der Waals surface area (Å²) in [5, 5.41) is 21.2. The molecule has 5 atom stereocenters. The zero-order chi connectivity index (χ0) is 30.1. The summed E-state index contributed by atoms with van der Waals surface area (Å²) in [4.78, 5) is 0. The Kier molecular flexibility index (Phi) is 14.2. The van der Waals surface area contributed by atoms with Crippen LogP contribution in [-0.2, 0) is 0 Å². The molecule has 236 valence electrons. The van der Waals surface area contributed by atoms with Crippen molar-refractivity contribution in [2.45, 2.75) is 163 Å². The van der Waals surface area contributed by atoms with Crippen molar-refractivity contribution in [1.82, 2.24) is 0 Å². The monoisotopic (exact) mass is 569 g/mol. The average molecular weight is 569 g/mol. The molecule has 0 heterocycles. The molecule has 0 saturated heterocycles. The molecule has 0 aromatic carbocycles. The topological polar surface area (TPSA) is 40.5 Å². The highest BCUT2D eigenvalue weighted by Gasteiger charge is 2.36. The normalized spacial score (nSPS) is 31.2. The van der Waals surface area contributed by atoms with Crippen LogP contribution < -0.4 is 0 Å². The van der Waals surface area contributed by atoms with Gasteiger partial charge in [0.2, 0.25) is 0 Å². The number of hydrogen-bond acceptors (Lipinski definition) is 2.